The van der Waals surface area contributed by atoms with Crippen LogP contribution in [-0.4, -0.2) is 30.5 Å². The number of anilines is 2. The van der Waals surface area contributed by atoms with Gasteiger partial charge >= 0.3 is 0 Å². The third kappa shape index (κ3) is 4.99. The Balaban J connectivity index is 1.58. The smallest absolute Gasteiger partial charge is 0.264 e. The van der Waals surface area contributed by atoms with Gasteiger partial charge in [0.25, 0.3) is 10.0 Å². The number of nitrogens with zero attached hydrogens (tertiary/aromatic N) is 1. The van der Waals surface area contributed by atoms with Gasteiger partial charge in [0.05, 0.1) is 23.4 Å². The van der Waals surface area contributed by atoms with Crippen molar-refractivity contribution in [3.63, 3.8) is 0 Å². The zero-order valence-electron chi connectivity index (χ0n) is 18.5. The molecule has 0 unspecified atom stereocenters. The SMILES string of the molecule is COc1ccc(S(=O)(=O)N2CCCc3cc(NS(=O)(=O)Cc4ccccc4C)ccc32)cc1. The summed E-state index contributed by atoms with van der Waals surface area (Å²) < 4.78 is 61.1. The molecule has 0 atom stereocenters. The van der Waals surface area contributed by atoms with Gasteiger partial charge in [0, 0.05) is 12.2 Å². The van der Waals surface area contributed by atoms with Crippen molar-refractivity contribution in [1.29, 1.82) is 0 Å². The number of ether oxygens (including phenoxy) is 1. The minimum absolute atomic E-state index is 0.130. The second-order valence-electron chi connectivity index (χ2n) is 7.99. The van der Waals surface area contributed by atoms with E-state index < -0.39 is 20.0 Å². The Morgan fingerprint density at radius 3 is 2.39 bits per heavy atom. The second-order valence-corrected chi connectivity index (χ2v) is 11.6. The Bertz CT molecular complexity index is 1370. The van der Waals surface area contributed by atoms with E-state index in [0.717, 1.165) is 16.7 Å². The fraction of sp³-hybridized carbons (Fsp3) is 0.250. The minimum Gasteiger partial charge on any atom is -0.497 e. The fourth-order valence-corrected chi connectivity index (χ4v) is 6.78. The largest absolute Gasteiger partial charge is 0.497 e. The molecule has 9 heteroatoms. The van der Waals surface area contributed by atoms with E-state index in [0.29, 0.717) is 36.5 Å². The molecular weight excluding hydrogens is 460 g/mol. The van der Waals surface area contributed by atoms with Gasteiger partial charge in [-0.25, -0.2) is 16.8 Å². The van der Waals surface area contributed by atoms with Gasteiger partial charge in [-0.3, -0.25) is 9.03 Å². The van der Waals surface area contributed by atoms with E-state index in [1.54, 1.807) is 36.4 Å². The summed E-state index contributed by atoms with van der Waals surface area (Å²) in [5.74, 6) is 0.449. The first-order valence-corrected chi connectivity index (χ1v) is 13.6. The monoisotopic (exact) mass is 486 g/mol. The number of rotatable bonds is 7. The Morgan fingerprint density at radius 2 is 1.70 bits per heavy atom. The van der Waals surface area contributed by atoms with Gasteiger partial charge in [0.2, 0.25) is 10.0 Å². The van der Waals surface area contributed by atoms with Crippen molar-refractivity contribution < 1.29 is 21.6 Å². The number of methoxy groups -OCH3 is 1. The number of benzene rings is 3. The van der Waals surface area contributed by atoms with Crippen molar-refractivity contribution in [2.45, 2.75) is 30.4 Å². The molecule has 4 rings (SSSR count). The molecule has 0 amide bonds. The van der Waals surface area contributed by atoms with Crippen molar-refractivity contribution in [3.05, 3.63) is 83.4 Å². The van der Waals surface area contributed by atoms with Gasteiger partial charge in [-0.05, 0) is 78.9 Å². The highest BCUT2D eigenvalue weighted by Gasteiger charge is 2.29. The highest BCUT2D eigenvalue weighted by atomic mass is 32.2. The summed E-state index contributed by atoms with van der Waals surface area (Å²) in [6.07, 6.45) is 1.30. The molecule has 1 heterocycles. The van der Waals surface area contributed by atoms with Crippen LogP contribution in [0.15, 0.2) is 71.6 Å². The van der Waals surface area contributed by atoms with Gasteiger partial charge in [-0.1, -0.05) is 24.3 Å². The molecule has 0 spiro atoms. The average Bonchev–Trinajstić information content (AvgIpc) is 2.79. The van der Waals surface area contributed by atoms with Gasteiger partial charge in [0.15, 0.2) is 0 Å². The summed E-state index contributed by atoms with van der Waals surface area (Å²) in [5, 5.41) is 0. The van der Waals surface area contributed by atoms with E-state index in [1.807, 2.05) is 25.1 Å². The minimum atomic E-state index is -3.75. The number of sulfonamides is 2. The second kappa shape index (κ2) is 9.07. The topological polar surface area (TPSA) is 92.8 Å². The molecule has 1 aliphatic heterocycles. The van der Waals surface area contributed by atoms with E-state index >= 15 is 0 Å². The molecule has 0 bridgehead atoms. The summed E-state index contributed by atoms with van der Waals surface area (Å²) >= 11 is 0. The summed E-state index contributed by atoms with van der Waals surface area (Å²) in [6.45, 7) is 2.24. The molecule has 7 nitrogen and oxygen atoms in total. The maximum atomic E-state index is 13.3. The lowest BCUT2D eigenvalue weighted by atomic mass is 10.0. The lowest BCUT2D eigenvalue weighted by molar-refractivity contribution is 0.414. The standard InChI is InChI=1S/C24H26N2O5S2/c1-18-6-3-4-7-20(18)17-32(27,28)25-21-9-14-24-19(16-21)8-5-15-26(24)33(29,30)23-12-10-22(31-2)11-13-23/h3-4,6-7,9-14,16,25H,5,8,15,17H2,1-2H3. The van der Waals surface area contributed by atoms with E-state index in [2.05, 4.69) is 4.72 Å². The zero-order valence-corrected chi connectivity index (χ0v) is 20.1. The van der Waals surface area contributed by atoms with Crippen molar-refractivity contribution in [2.24, 2.45) is 0 Å². The third-order valence-corrected chi connectivity index (χ3v) is 8.75. The van der Waals surface area contributed by atoms with Crippen LogP contribution in [-0.2, 0) is 32.2 Å². The van der Waals surface area contributed by atoms with E-state index in [-0.39, 0.29) is 10.6 Å². The summed E-state index contributed by atoms with van der Waals surface area (Å²) in [4.78, 5) is 0.180. The van der Waals surface area contributed by atoms with Crippen LogP contribution in [0.2, 0.25) is 0 Å². The van der Waals surface area contributed by atoms with Crippen LogP contribution in [0.5, 0.6) is 5.75 Å². The van der Waals surface area contributed by atoms with Crippen LogP contribution in [0.3, 0.4) is 0 Å². The Labute approximate surface area is 195 Å². The Morgan fingerprint density at radius 1 is 0.970 bits per heavy atom. The number of nitrogens with one attached hydrogen (secondary N) is 1. The summed E-state index contributed by atoms with van der Waals surface area (Å²) in [5.41, 5.74) is 3.42. The van der Waals surface area contributed by atoms with Crippen LogP contribution < -0.4 is 13.8 Å². The number of hydrogen-bond acceptors (Lipinski definition) is 5. The molecule has 33 heavy (non-hydrogen) atoms. The van der Waals surface area contributed by atoms with E-state index in [4.69, 9.17) is 4.74 Å². The predicted octanol–water partition coefficient (Wildman–Crippen LogP) is 4.09. The predicted molar refractivity (Wildman–Crippen MR) is 130 cm³/mol. The van der Waals surface area contributed by atoms with Gasteiger partial charge in [-0.15, -0.1) is 0 Å². The lowest BCUT2D eigenvalue weighted by Gasteiger charge is -2.31. The van der Waals surface area contributed by atoms with Crippen molar-refractivity contribution in [3.8, 4) is 5.75 Å². The molecule has 3 aromatic rings. The van der Waals surface area contributed by atoms with Crippen LogP contribution in [0, 0.1) is 6.92 Å². The first-order valence-electron chi connectivity index (χ1n) is 10.5. The van der Waals surface area contributed by atoms with Crippen LogP contribution >= 0.6 is 0 Å². The van der Waals surface area contributed by atoms with Gasteiger partial charge < -0.3 is 4.74 Å². The van der Waals surface area contributed by atoms with Crippen molar-refractivity contribution in [2.75, 3.05) is 22.7 Å². The van der Waals surface area contributed by atoms with Gasteiger partial charge in [0.1, 0.15) is 5.75 Å². The van der Waals surface area contributed by atoms with E-state index in [9.17, 15) is 16.8 Å². The maximum absolute atomic E-state index is 13.3. The maximum Gasteiger partial charge on any atom is 0.264 e. The molecule has 174 valence electrons. The average molecular weight is 487 g/mol. The molecule has 0 radical (unpaired) electrons. The summed E-state index contributed by atoms with van der Waals surface area (Å²) in [7, 11) is -5.85. The highest BCUT2D eigenvalue weighted by molar-refractivity contribution is 7.93. The van der Waals surface area contributed by atoms with Crippen molar-refractivity contribution >= 4 is 31.4 Å². The molecule has 3 aromatic carbocycles. The third-order valence-electron chi connectivity index (χ3n) is 5.68. The Kier molecular flexibility index (Phi) is 6.36. The van der Waals surface area contributed by atoms with Gasteiger partial charge in [-0.2, -0.15) is 0 Å². The molecular formula is C24H26N2O5S2. The quantitative estimate of drug-likeness (QED) is 0.543. The molecule has 0 aromatic heterocycles. The van der Waals surface area contributed by atoms with Crippen LogP contribution in [0.25, 0.3) is 0 Å². The first-order chi connectivity index (χ1) is 15.7. The zero-order chi connectivity index (χ0) is 23.6. The molecule has 0 aliphatic carbocycles. The molecule has 0 fully saturated rings. The Hall–Kier alpha value is -3.04. The number of aryl methyl sites for hydroxylation is 2. The van der Waals surface area contributed by atoms with Crippen LogP contribution in [0.4, 0.5) is 11.4 Å². The van der Waals surface area contributed by atoms with Crippen LogP contribution in [0.1, 0.15) is 23.1 Å². The summed E-state index contributed by atoms with van der Waals surface area (Å²) in [6, 6.07) is 18.6. The first kappa shape index (κ1) is 23.1. The molecule has 1 N–H and O–H groups in total. The molecule has 0 saturated heterocycles. The number of fused-ring (bicyclic) bond motifs is 1. The van der Waals surface area contributed by atoms with Crippen molar-refractivity contribution in [1.82, 2.24) is 0 Å². The number of hydrogen-bond donors (Lipinski definition) is 1. The van der Waals surface area contributed by atoms with E-state index in [1.165, 1.54) is 23.5 Å². The molecule has 0 saturated carbocycles. The fourth-order valence-electron chi connectivity index (χ4n) is 3.94. The lowest BCUT2D eigenvalue weighted by Crippen LogP contribution is -2.35. The normalized spacial score (nSPS) is 13.9. The highest BCUT2D eigenvalue weighted by Crippen LogP contribution is 2.34. The molecule has 1 aliphatic rings.